The summed E-state index contributed by atoms with van der Waals surface area (Å²) in [6, 6.07) is 0. The fourth-order valence-corrected chi connectivity index (χ4v) is 2.34. The van der Waals surface area contributed by atoms with Crippen molar-refractivity contribution >= 4 is 28.0 Å². The van der Waals surface area contributed by atoms with Crippen molar-refractivity contribution in [2.75, 3.05) is 31.2 Å². The molecular weight excluding hydrogens is 228 g/mol. The molecule has 1 aromatic heterocycles. The summed E-state index contributed by atoms with van der Waals surface area (Å²) in [7, 11) is 0. The van der Waals surface area contributed by atoms with Crippen LogP contribution < -0.4 is 4.90 Å². The van der Waals surface area contributed by atoms with Gasteiger partial charge in [-0.2, -0.15) is 0 Å². The van der Waals surface area contributed by atoms with Crippen LogP contribution >= 0.6 is 11.3 Å². The lowest BCUT2D eigenvalue weighted by Gasteiger charge is -2.25. The van der Waals surface area contributed by atoms with E-state index < -0.39 is 5.97 Å². The summed E-state index contributed by atoms with van der Waals surface area (Å²) in [5.41, 5.74) is 0.0945. The molecule has 1 aliphatic heterocycles. The van der Waals surface area contributed by atoms with Gasteiger partial charge in [-0.1, -0.05) is 17.9 Å². The summed E-state index contributed by atoms with van der Waals surface area (Å²) >= 11 is 1.35. The lowest BCUT2D eigenvalue weighted by atomic mass is 10.3. The van der Waals surface area contributed by atoms with E-state index in [0.29, 0.717) is 18.1 Å². The van der Waals surface area contributed by atoms with Gasteiger partial charge < -0.3 is 14.7 Å². The van der Waals surface area contributed by atoms with Gasteiger partial charge in [0.1, 0.15) is 0 Å². The van der Waals surface area contributed by atoms with E-state index >= 15 is 0 Å². The number of aromatic nitrogens is 1. The van der Waals surface area contributed by atoms with Crippen LogP contribution in [0.1, 0.15) is 4.88 Å². The highest BCUT2D eigenvalue weighted by molar-refractivity contribution is 7.17. The van der Waals surface area contributed by atoms with Crippen LogP contribution in [-0.2, 0) is 9.53 Å². The first-order valence-corrected chi connectivity index (χ1v) is 5.71. The molecule has 1 N–H and O–H groups in total. The lowest BCUT2D eigenvalue weighted by Crippen LogP contribution is -2.36. The van der Waals surface area contributed by atoms with Crippen molar-refractivity contribution in [1.29, 1.82) is 0 Å². The Morgan fingerprint density at radius 3 is 2.88 bits per heavy atom. The summed E-state index contributed by atoms with van der Waals surface area (Å²) in [6.45, 7) is 6.49. The molecule has 2 rings (SSSR count). The maximum atomic E-state index is 10.7. The summed E-state index contributed by atoms with van der Waals surface area (Å²) in [5, 5.41) is 9.63. The molecule has 0 saturated carbocycles. The van der Waals surface area contributed by atoms with Crippen molar-refractivity contribution in [2.24, 2.45) is 0 Å². The predicted molar refractivity (Wildman–Crippen MR) is 61.8 cm³/mol. The van der Waals surface area contributed by atoms with Gasteiger partial charge in [-0.3, -0.25) is 0 Å². The number of thiazole rings is 1. The average molecular weight is 240 g/mol. The maximum Gasteiger partial charge on any atom is 0.336 e. The van der Waals surface area contributed by atoms with Gasteiger partial charge in [-0.25, -0.2) is 9.78 Å². The molecule has 0 atom stereocenters. The van der Waals surface area contributed by atoms with Crippen molar-refractivity contribution in [3.8, 4) is 0 Å². The first-order valence-electron chi connectivity index (χ1n) is 4.89. The van der Waals surface area contributed by atoms with Crippen LogP contribution in [0.4, 0.5) is 5.13 Å². The Labute approximate surface area is 97.0 Å². The molecular formula is C10H12N2O3S. The van der Waals surface area contributed by atoms with E-state index in [4.69, 9.17) is 9.84 Å². The molecule has 2 heterocycles. The molecule has 0 aromatic carbocycles. The summed E-state index contributed by atoms with van der Waals surface area (Å²) in [4.78, 5) is 17.6. The van der Waals surface area contributed by atoms with Gasteiger partial charge in [-0.05, 0) is 0 Å². The second-order valence-electron chi connectivity index (χ2n) is 3.39. The standard InChI is InChI=1S/C10H12N2O3S/c1-7(9(13)14)8-6-11-10(16-8)12-2-4-15-5-3-12/h6H,1-5H2,(H,13,14). The number of hydrogen-bond acceptors (Lipinski definition) is 5. The van der Waals surface area contributed by atoms with Crippen LogP contribution in [0.15, 0.2) is 12.8 Å². The van der Waals surface area contributed by atoms with Gasteiger partial charge in [-0.15, -0.1) is 0 Å². The van der Waals surface area contributed by atoms with E-state index in [1.807, 2.05) is 0 Å². The highest BCUT2D eigenvalue weighted by Crippen LogP contribution is 2.27. The number of carbonyl (C=O) groups is 1. The summed E-state index contributed by atoms with van der Waals surface area (Å²) < 4.78 is 5.24. The first-order chi connectivity index (χ1) is 7.68. The zero-order valence-corrected chi connectivity index (χ0v) is 9.50. The second kappa shape index (κ2) is 4.63. The van der Waals surface area contributed by atoms with Crippen molar-refractivity contribution in [1.82, 2.24) is 4.98 Å². The quantitative estimate of drug-likeness (QED) is 0.801. The van der Waals surface area contributed by atoms with Gasteiger partial charge >= 0.3 is 5.97 Å². The molecule has 1 saturated heterocycles. The second-order valence-corrected chi connectivity index (χ2v) is 4.40. The number of carboxylic acid groups (broad SMARTS) is 1. The van der Waals surface area contributed by atoms with Crippen molar-refractivity contribution in [3.63, 3.8) is 0 Å². The van der Waals surface area contributed by atoms with E-state index in [-0.39, 0.29) is 5.57 Å². The van der Waals surface area contributed by atoms with Gasteiger partial charge in [0, 0.05) is 19.3 Å². The number of ether oxygens (including phenoxy) is 1. The third kappa shape index (κ3) is 2.23. The van der Waals surface area contributed by atoms with Crippen molar-refractivity contribution in [2.45, 2.75) is 0 Å². The molecule has 1 fully saturated rings. The van der Waals surface area contributed by atoms with Gasteiger partial charge in [0.15, 0.2) is 5.13 Å². The minimum absolute atomic E-state index is 0.0945. The fourth-order valence-electron chi connectivity index (χ4n) is 1.41. The van der Waals surface area contributed by atoms with E-state index in [0.717, 1.165) is 18.2 Å². The average Bonchev–Trinajstić information content (AvgIpc) is 2.78. The van der Waals surface area contributed by atoms with Crippen LogP contribution in [0, 0.1) is 0 Å². The van der Waals surface area contributed by atoms with Crippen LogP contribution in [0.5, 0.6) is 0 Å². The Morgan fingerprint density at radius 1 is 1.56 bits per heavy atom. The molecule has 1 aromatic rings. The number of aliphatic carboxylic acids is 1. The number of rotatable bonds is 3. The molecule has 6 heteroatoms. The largest absolute Gasteiger partial charge is 0.478 e. The number of nitrogens with zero attached hydrogens (tertiary/aromatic N) is 2. The number of morpholine rings is 1. The molecule has 16 heavy (non-hydrogen) atoms. The molecule has 0 amide bonds. The Kier molecular flexibility index (Phi) is 3.21. The minimum atomic E-state index is -1.00. The monoisotopic (exact) mass is 240 g/mol. The van der Waals surface area contributed by atoms with E-state index in [1.54, 1.807) is 6.20 Å². The minimum Gasteiger partial charge on any atom is -0.478 e. The summed E-state index contributed by atoms with van der Waals surface area (Å²) in [6.07, 6.45) is 1.56. The summed E-state index contributed by atoms with van der Waals surface area (Å²) in [5.74, 6) is -1.00. The Balaban J connectivity index is 2.12. The fraction of sp³-hybridized carbons (Fsp3) is 0.400. The van der Waals surface area contributed by atoms with E-state index in [1.165, 1.54) is 11.3 Å². The van der Waals surface area contributed by atoms with E-state index in [9.17, 15) is 4.79 Å². The van der Waals surface area contributed by atoms with Crippen LogP contribution in [0.3, 0.4) is 0 Å². The number of carboxylic acids is 1. The third-order valence-corrected chi connectivity index (χ3v) is 3.45. The molecule has 0 spiro atoms. The number of hydrogen-bond donors (Lipinski definition) is 1. The van der Waals surface area contributed by atoms with Crippen molar-refractivity contribution < 1.29 is 14.6 Å². The van der Waals surface area contributed by atoms with E-state index in [2.05, 4.69) is 16.5 Å². The molecule has 86 valence electrons. The van der Waals surface area contributed by atoms with Crippen LogP contribution in [0.2, 0.25) is 0 Å². The topological polar surface area (TPSA) is 62.7 Å². The van der Waals surface area contributed by atoms with Gasteiger partial charge in [0.05, 0.1) is 23.7 Å². The molecule has 0 bridgehead atoms. The molecule has 0 unspecified atom stereocenters. The van der Waals surface area contributed by atoms with Crippen molar-refractivity contribution in [3.05, 3.63) is 17.7 Å². The number of anilines is 1. The SMILES string of the molecule is C=C(C(=O)O)c1cnc(N2CCOCC2)s1. The third-order valence-electron chi connectivity index (χ3n) is 2.33. The first kappa shape index (κ1) is 11.1. The highest BCUT2D eigenvalue weighted by Gasteiger charge is 2.17. The Hall–Kier alpha value is -1.40. The molecule has 0 radical (unpaired) electrons. The smallest absolute Gasteiger partial charge is 0.336 e. The maximum absolute atomic E-state index is 10.7. The Bertz CT molecular complexity index is 410. The van der Waals surface area contributed by atoms with Gasteiger partial charge in [0.25, 0.3) is 0 Å². The molecule has 5 nitrogen and oxygen atoms in total. The predicted octanol–water partition coefficient (Wildman–Crippen LogP) is 1.08. The molecule has 1 aliphatic rings. The van der Waals surface area contributed by atoms with Gasteiger partial charge in [0.2, 0.25) is 0 Å². The Morgan fingerprint density at radius 2 is 2.25 bits per heavy atom. The normalized spacial score (nSPS) is 16.1. The highest BCUT2D eigenvalue weighted by atomic mass is 32.1. The van der Waals surface area contributed by atoms with Crippen LogP contribution in [0.25, 0.3) is 5.57 Å². The zero-order chi connectivity index (χ0) is 11.5. The lowest BCUT2D eigenvalue weighted by molar-refractivity contribution is -0.130. The van der Waals surface area contributed by atoms with Crippen LogP contribution in [-0.4, -0.2) is 42.4 Å². The zero-order valence-electron chi connectivity index (χ0n) is 8.68. The molecule has 0 aliphatic carbocycles.